The summed E-state index contributed by atoms with van der Waals surface area (Å²) in [7, 11) is 0. The van der Waals surface area contributed by atoms with E-state index in [1.807, 2.05) is 243 Å². The maximum absolute atomic E-state index is 16.9. The van der Waals surface area contributed by atoms with Crippen molar-refractivity contribution in [3.05, 3.63) is 315 Å². The summed E-state index contributed by atoms with van der Waals surface area (Å²) in [5, 5.41) is 2.81. The van der Waals surface area contributed by atoms with Gasteiger partial charge < -0.3 is 9.13 Å². The van der Waals surface area contributed by atoms with Crippen molar-refractivity contribution in [2.45, 2.75) is 6.18 Å². The molecule has 11 heteroatoms. The molecule has 438 valence electrons. The number of nitrogens with zero attached hydrogens (tertiary/aromatic N) is 6. The van der Waals surface area contributed by atoms with Gasteiger partial charge in [0, 0.05) is 80.2 Å². The summed E-state index contributed by atoms with van der Waals surface area (Å²) in [5.41, 5.74) is 14.7. The van der Waals surface area contributed by atoms with Crippen molar-refractivity contribution in [1.82, 2.24) is 29.1 Å². The van der Waals surface area contributed by atoms with Crippen LogP contribution in [0.4, 0.5) is 22.0 Å². The Bertz CT molecular complexity index is 5230. The molecule has 0 saturated carbocycles. The standard InChI is InChI=1S/C81H49F5N6/c82-63-37-62(38-64(83)47-63)65-48-80(92-77-27-23-56(60-31-35-89-73(45-60)52-17-9-3-10-18-52)41-68(77)69-42-57(24-28-78(69)92)61-32-36-90-74(46-61)53-19-11-4-12-20-53)70(81(84,85)86)49-79(65)91-75-25-21-54(58-29-33-87-71(43-58)50-13-5-1-6-14-50)39-66(75)67-40-55(22-26-76(67)91)59-30-34-88-72(44-59)51-15-7-2-8-16-51/h1-49H. The highest BCUT2D eigenvalue weighted by Crippen LogP contribution is 2.47. The first kappa shape index (κ1) is 55.4. The topological polar surface area (TPSA) is 61.4 Å². The Morgan fingerprint density at radius 1 is 0.250 bits per heavy atom. The quantitative estimate of drug-likeness (QED) is 0.121. The van der Waals surface area contributed by atoms with Crippen LogP contribution in [0.25, 0.3) is 156 Å². The second-order valence-corrected chi connectivity index (χ2v) is 22.8. The third-order valence-corrected chi connectivity index (χ3v) is 17.3. The fourth-order valence-corrected chi connectivity index (χ4v) is 12.9. The van der Waals surface area contributed by atoms with Gasteiger partial charge in [0.25, 0.3) is 0 Å². The zero-order valence-electron chi connectivity index (χ0n) is 48.9. The van der Waals surface area contributed by atoms with Crippen LogP contribution in [-0.2, 0) is 6.18 Å². The highest BCUT2D eigenvalue weighted by Gasteiger charge is 2.37. The summed E-state index contributed by atoms with van der Waals surface area (Å²) >= 11 is 0. The molecule has 92 heavy (non-hydrogen) atoms. The summed E-state index contributed by atoms with van der Waals surface area (Å²) in [6, 6.07) is 84.2. The zero-order chi connectivity index (χ0) is 62.0. The van der Waals surface area contributed by atoms with Gasteiger partial charge in [-0.15, -0.1) is 0 Å². The molecule has 0 fully saturated rings. The molecule has 6 aromatic heterocycles. The van der Waals surface area contributed by atoms with E-state index in [1.165, 1.54) is 18.2 Å². The summed E-state index contributed by atoms with van der Waals surface area (Å²) in [6.07, 6.45) is 2.06. The molecule has 16 rings (SSSR count). The van der Waals surface area contributed by atoms with Gasteiger partial charge in [0.1, 0.15) is 11.6 Å². The molecule has 0 unspecified atom stereocenters. The lowest BCUT2D eigenvalue weighted by molar-refractivity contribution is -0.137. The molecule has 0 amide bonds. The van der Waals surface area contributed by atoms with Crippen molar-refractivity contribution in [3.63, 3.8) is 0 Å². The molecule has 0 radical (unpaired) electrons. The Hall–Kier alpha value is -12.0. The van der Waals surface area contributed by atoms with E-state index in [0.29, 0.717) is 32.8 Å². The highest BCUT2D eigenvalue weighted by atomic mass is 19.4. The van der Waals surface area contributed by atoms with Crippen LogP contribution in [0.15, 0.2) is 298 Å². The molecule has 6 heterocycles. The molecule has 6 nitrogen and oxygen atoms in total. The Morgan fingerprint density at radius 2 is 0.543 bits per heavy atom. The fraction of sp³-hybridized carbons (Fsp3) is 0.0123. The summed E-state index contributed by atoms with van der Waals surface area (Å²) < 4.78 is 86.1. The second kappa shape index (κ2) is 22.6. The molecule has 0 aliphatic carbocycles. The smallest absolute Gasteiger partial charge is 0.309 e. The molecule has 0 atom stereocenters. The van der Waals surface area contributed by atoms with Crippen LogP contribution in [0.5, 0.6) is 0 Å². The Labute approximate surface area is 525 Å². The number of hydrogen-bond acceptors (Lipinski definition) is 4. The zero-order valence-corrected chi connectivity index (χ0v) is 48.9. The lowest BCUT2D eigenvalue weighted by Crippen LogP contribution is -2.13. The number of pyridine rings is 4. The van der Waals surface area contributed by atoms with E-state index < -0.39 is 23.4 Å². The predicted molar refractivity (Wildman–Crippen MR) is 360 cm³/mol. The molecule has 0 spiro atoms. The highest BCUT2D eigenvalue weighted by molar-refractivity contribution is 6.14. The van der Waals surface area contributed by atoms with Gasteiger partial charge in [0.15, 0.2) is 0 Å². The second-order valence-electron chi connectivity index (χ2n) is 22.8. The van der Waals surface area contributed by atoms with Crippen LogP contribution in [0.1, 0.15) is 5.56 Å². The first-order valence-electron chi connectivity index (χ1n) is 30.0. The van der Waals surface area contributed by atoms with Crippen LogP contribution >= 0.6 is 0 Å². The minimum absolute atomic E-state index is 0.0373. The van der Waals surface area contributed by atoms with Crippen LogP contribution in [-0.4, -0.2) is 29.1 Å². The van der Waals surface area contributed by atoms with Gasteiger partial charge in [-0.05, 0) is 171 Å². The van der Waals surface area contributed by atoms with Gasteiger partial charge in [-0.25, -0.2) is 8.78 Å². The van der Waals surface area contributed by atoms with Gasteiger partial charge >= 0.3 is 6.18 Å². The number of halogens is 5. The molecular formula is C81H49F5N6. The van der Waals surface area contributed by atoms with E-state index in [4.69, 9.17) is 9.97 Å². The monoisotopic (exact) mass is 1200 g/mol. The predicted octanol–water partition coefficient (Wildman–Crippen LogP) is 21.8. The van der Waals surface area contributed by atoms with Crippen LogP contribution in [0.3, 0.4) is 0 Å². The fourth-order valence-electron chi connectivity index (χ4n) is 12.9. The molecule has 0 saturated heterocycles. The van der Waals surface area contributed by atoms with E-state index >= 15 is 22.0 Å². The summed E-state index contributed by atoms with van der Waals surface area (Å²) in [6.45, 7) is 0. The number of hydrogen-bond donors (Lipinski definition) is 0. The maximum Gasteiger partial charge on any atom is 0.418 e. The van der Waals surface area contributed by atoms with E-state index in [1.54, 1.807) is 33.9 Å². The maximum atomic E-state index is 16.9. The first-order chi connectivity index (χ1) is 45.0. The third-order valence-electron chi connectivity index (χ3n) is 17.3. The van der Waals surface area contributed by atoms with Crippen molar-refractivity contribution >= 4 is 43.6 Å². The van der Waals surface area contributed by atoms with Crippen molar-refractivity contribution in [1.29, 1.82) is 0 Å². The normalized spacial score (nSPS) is 11.8. The molecule has 0 aliphatic heterocycles. The Balaban J connectivity index is 0.948. The molecule has 0 bridgehead atoms. The lowest BCUT2D eigenvalue weighted by Gasteiger charge is -2.22. The Kier molecular flexibility index (Phi) is 13.6. The third kappa shape index (κ3) is 10.1. The van der Waals surface area contributed by atoms with Crippen molar-refractivity contribution in [2.75, 3.05) is 0 Å². The van der Waals surface area contributed by atoms with Crippen LogP contribution in [0, 0.1) is 11.6 Å². The SMILES string of the molecule is Fc1cc(F)cc(-c2cc(-n3c4ccc(-c5ccnc(-c6ccccc6)c5)cc4c4cc(-c5ccnc(-c6ccccc6)c5)ccc43)c(C(F)(F)F)cc2-n2c3ccc(-c4ccnc(-c5ccccc5)c4)cc3c3cc(-c4ccnc(-c5ccccc5)c4)ccc32)c1. The summed E-state index contributed by atoms with van der Waals surface area (Å²) in [5.74, 6) is -1.78. The van der Waals surface area contributed by atoms with E-state index in [-0.39, 0.29) is 22.5 Å². The number of benzene rings is 10. The van der Waals surface area contributed by atoms with Gasteiger partial charge in [0.2, 0.25) is 0 Å². The molecule has 0 N–H and O–H groups in total. The number of alkyl halides is 3. The lowest BCUT2D eigenvalue weighted by atomic mass is 9.98. The van der Waals surface area contributed by atoms with Crippen molar-refractivity contribution in [2.24, 2.45) is 0 Å². The van der Waals surface area contributed by atoms with Crippen LogP contribution < -0.4 is 0 Å². The molecular weight excluding hydrogens is 1150 g/mol. The molecule has 0 aliphatic rings. The van der Waals surface area contributed by atoms with E-state index in [2.05, 4.69) is 9.97 Å². The summed E-state index contributed by atoms with van der Waals surface area (Å²) in [4.78, 5) is 18.8. The van der Waals surface area contributed by atoms with Crippen LogP contribution in [0.2, 0.25) is 0 Å². The van der Waals surface area contributed by atoms with Gasteiger partial charge in [-0.3, -0.25) is 19.9 Å². The number of aromatic nitrogens is 6. The first-order valence-corrected chi connectivity index (χ1v) is 30.0. The average Bonchev–Trinajstić information content (AvgIpc) is 1.50. The Morgan fingerprint density at radius 3 is 0.848 bits per heavy atom. The largest absolute Gasteiger partial charge is 0.418 e. The van der Waals surface area contributed by atoms with Crippen molar-refractivity contribution < 1.29 is 22.0 Å². The number of fused-ring (bicyclic) bond motifs is 6. The number of rotatable bonds is 11. The minimum atomic E-state index is -4.98. The van der Waals surface area contributed by atoms with E-state index in [0.717, 1.165) is 112 Å². The van der Waals surface area contributed by atoms with Gasteiger partial charge in [-0.1, -0.05) is 146 Å². The van der Waals surface area contributed by atoms with Gasteiger partial charge in [-0.2, -0.15) is 13.2 Å². The molecule has 10 aromatic carbocycles. The molecule has 16 aromatic rings. The van der Waals surface area contributed by atoms with E-state index in [9.17, 15) is 0 Å². The minimum Gasteiger partial charge on any atom is -0.309 e. The van der Waals surface area contributed by atoms with Gasteiger partial charge in [0.05, 0.1) is 61.8 Å². The average molecular weight is 1200 g/mol. The van der Waals surface area contributed by atoms with Crippen molar-refractivity contribution in [3.8, 4) is 112 Å².